The molecule has 1 unspecified atom stereocenters. The molecule has 1 aromatic rings. The molecule has 1 saturated heterocycles. The van der Waals surface area contributed by atoms with Gasteiger partial charge in [0, 0.05) is 26.7 Å². The highest BCUT2D eigenvalue weighted by Crippen LogP contribution is 2.14. The van der Waals surface area contributed by atoms with Gasteiger partial charge in [0.1, 0.15) is 12.4 Å². The number of nitrogens with one attached hydrogen (secondary N) is 1. The first-order chi connectivity index (χ1) is 9.81. The van der Waals surface area contributed by atoms with Gasteiger partial charge in [-0.2, -0.15) is 0 Å². The molecular formula is C16H26N2O2. The number of hydrogen-bond donors (Lipinski definition) is 1. The lowest BCUT2D eigenvalue weighted by Crippen LogP contribution is -2.41. The highest BCUT2D eigenvalue weighted by Gasteiger charge is 2.18. The molecule has 0 aliphatic carbocycles. The third kappa shape index (κ3) is 4.78. The third-order valence-electron chi connectivity index (χ3n) is 3.78. The summed E-state index contributed by atoms with van der Waals surface area (Å²) in [5.41, 5.74) is 1.28. The van der Waals surface area contributed by atoms with Crippen LogP contribution < -0.4 is 10.1 Å². The van der Waals surface area contributed by atoms with Crippen molar-refractivity contribution >= 4 is 0 Å². The molecular weight excluding hydrogens is 252 g/mol. The highest BCUT2D eigenvalue weighted by molar-refractivity contribution is 5.27. The average Bonchev–Trinajstić information content (AvgIpc) is 2.50. The molecule has 4 heteroatoms. The summed E-state index contributed by atoms with van der Waals surface area (Å²) < 4.78 is 11.2. The van der Waals surface area contributed by atoms with E-state index < -0.39 is 0 Å². The number of ether oxygens (including phenoxy) is 2. The zero-order valence-corrected chi connectivity index (χ0v) is 12.6. The molecule has 112 valence electrons. The van der Waals surface area contributed by atoms with Crippen molar-refractivity contribution < 1.29 is 9.47 Å². The van der Waals surface area contributed by atoms with Crippen molar-refractivity contribution in [2.75, 3.05) is 40.4 Å². The number of rotatable bonds is 7. The molecule has 2 rings (SSSR count). The van der Waals surface area contributed by atoms with Crippen molar-refractivity contribution in [3.8, 4) is 5.75 Å². The van der Waals surface area contributed by atoms with Gasteiger partial charge in [-0.1, -0.05) is 12.1 Å². The fourth-order valence-corrected chi connectivity index (χ4v) is 2.61. The van der Waals surface area contributed by atoms with Gasteiger partial charge in [0.05, 0.1) is 6.10 Å². The normalized spacial score (nSPS) is 20.0. The van der Waals surface area contributed by atoms with Crippen LogP contribution in [-0.4, -0.2) is 51.4 Å². The number of methoxy groups -OCH3 is 1. The fraction of sp³-hybridized carbons (Fsp3) is 0.625. The second-order valence-corrected chi connectivity index (χ2v) is 5.32. The van der Waals surface area contributed by atoms with Crippen molar-refractivity contribution in [2.24, 2.45) is 0 Å². The van der Waals surface area contributed by atoms with Crippen LogP contribution in [0.5, 0.6) is 5.75 Å². The number of likely N-dealkylation sites (tertiary alicyclic amines) is 1. The number of nitrogens with zero attached hydrogens (tertiary/aromatic N) is 1. The highest BCUT2D eigenvalue weighted by atomic mass is 16.5. The minimum atomic E-state index is 0.393. The lowest BCUT2D eigenvalue weighted by molar-refractivity contribution is 0.0272. The summed E-state index contributed by atoms with van der Waals surface area (Å²) in [6.45, 7) is 4.79. The monoisotopic (exact) mass is 278 g/mol. The Kier molecular flexibility index (Phi) is 6.30. The van der Waals surface area contributed by atoms with Gasteiger partial charge in [0.25, 0.3) is 0 Å². The molecule has 0 radical (unpaired) electrons. The summed E-state index contributed by atoms with van der Waals surface area (Å²) in [6.07, 6.45) is 2.79. The molecule has 1 N–H and O–H groups in total. The van der Waals surface area contributed by atoms with Crippen molar-refractivity contribution in [1.82, 2.24) is 10.2 Å². The molecule has 0 aromatic heterocycles. The maximum Gasteiger partial charge on any atom is 0.119 e. The van der Waals surface area contributed by atoms with E-state index >= 15 is 0 Å². The standard InChI is InChI=1S/C16H26N2O2/c1-17-12-14-5-7-15(8-6-14)20-11-10-18-9-3-4-16(13-18)19-2/h5-8,16-17H,3-4,9-13H2,1-2H3. The molecule has 0 spiro atoms. The zero-order chi connectivity index (χ0) is 14.2. The van der Waals surface area contributed by atoms with Crippen LogP contribution in [0.1, 0.15) is 18.4 Å². The minimum absolute atomic E-state index is 0.393. The van der Waals surface area contributed by atoms with E-state index in [4.69, 9.17) is 9.47 Å². The van der Waals surface area contributed by atoms with Crippen molar-refractivity contribution in [2.45, 2.75) is 25.5 Å². The van der Waals surface area contributed by atoms with Crippen molar-refractivity contribution in [3.63, 3.8) is 0 Å². The van der Waals surface area contributed by atoms with Crippen LogP contribution in [-0.2, 0) is 11.3 Å². The van der Waals surface area contributed by atoms with Crippen molar-refractivity contribution in [3.05, 3.63) is 29.8 Å². The summed E-state index contributed by atoms with van der Waals surface area (Å²) in [6, 6.07) is 8.29. The zero-order valence-electron chi connectivity index (χ0n) is 12.6. The first kappa shape index (κ1) is 15.3. The van der Waals surface area contributed by atoms with Crippen molar-refractivity contribution in [1.29, 1.82) is 0 Å². The molecule has 1 aliphatic rings. The number of benzene rings is 1. The number of hydrogen-bond acceptors (Lipinski definition) is 4. The average molecular weight is 278 g/mol. The van der Waals surface area contributed by atoms with Gasteiger partial charge < -0.3 is 14.8 Å². The van der Waals surface area contributed by atoms with Gasteiger partial charge in [-0.25, -0.2) is 0 Å². The van der Waals surface area contributed by atoms with E-state index in [1.807, 2.05) is 19.2 Å². The van der Waals surface area contributed by atoms with Gasteiger partial charge in [-0.05, 0) is 44.1 Å². The van der Waals surface area contributed by atoms with Gasteiger partial charge in [0.15, 0.2) is 0 Å². The Bertz CT molecular complexity index is 381. The quantitative estimate of drug-likeness (QED) is 0.826. The molecule has 0 bridgehead atoms. The Labute approximate surface area is 122 Å². The predicted octanol–water partition coefficient (Wildman–Crippen LogP) is 1.90. The maximum atomic E-state index is 5.81. The molecule has 1 atom stereocenters. The van der Waals surface area contributed by atoms with Crippen LogP contribution in [0.15, 0.2) is 24.3 Å². The van der Waals surface area contributed by atoms with Gasteiger partial charge >= 0.3 is 0 Å². The third-order valence-corrected chi connectivity index (χ3v) is 3.78. The summed E-state index contributed by atoms with van der Waals surface area (Å²) >= 11 is 0. The van der Waals surface area contributed by atoms with Gasteiger partial charge in [-0.15, -0.1) is 0 Å². The molecule has 0 saturated carbocycles. The lowest BCUT2D eigenvalue weighted by Gasteiger charge is -2.31. The summed E-state index contributed by atoms with van der Waals surface area (Å²) in [4.78, 5) is 2.42. The molecule has 1 aliphatic heterocycles. The van der Waals surface area contributed by atoms with E-state index in [9.17, 15) is 0 Å². The molecule has 4 nitrogen and oxygen atoms in total. The van der Waals surface area contributed by atoms with Crippen LogP contribution in [0.4, 0.5) is 0 Å². The molecule has 1 heterocycles. The first-order valence-corrected chi connectivity index (χ1v) is 7.43. The molecule has 1 fully saturated rings. The number of piperidine rings is 1. The van der Waals surface area contributed by atoms with Gasteiger partial charge in [-0.3, -0.25) is 4.90 Å². The van der Waals surface area contributed by atoms with E-state index in [1.54, 1.807) is 7.11 Å². The van der Waals surface area contributed by atoms with E-state index in [0.29, 0.717) is 6.10 Å². The largest absolute Gasteiger partial charge is 0.492 e. The summed E-state index contributed by atoms with van der Waals surface area (Å²) in [7, 11) is 3.76. The second-order valence-electron chi connectivity index (χ2n) is 5.32. The SMILES string of the molecule is CNCc1ccc(OCCN2CCCC(OC)C2)cc1. The second kappa shape index (κ2) is 8.25. The minimum Gasteiger partial charge on any atom is -0.492 e. The first-order valence-electron chi connectivity index (χ1n) is 7.43. The Hall–Kier alpha value is -1.10. The van der Waals surface area contributed by atoms with E-state index in [2.05, 4.69) is 22.3 Å². The van der Waals surface area contributed by atoms with E-state index in [1.165, 1.54) is 18.4 Å². The van der Waals surface area contributed by atoms with Crippen LogP contribution in [0, 0.1) is 0 Å². The Morgan fingerprint density at radius 3 is 2.80 bits per heavy atom. The smallest absolute Gasteiger partial charge is 0.119 e. The predicted molar refractivity (Wildman–Crippen MR) is 81.2 cm³/mol. The summed E-state index contributed by atoms with van der Waals surface area (Å²) in [5.74, 6) is 0.949. The topological polar surface area (TPSA) is 33.7 Å². The van der Waals surface area contributed by atoms with Crippen LogP contribution >= 0.6 is 0 Å². The molecule has 1 aromatic carbocycles. The summed E-state index contributed by atoms with van der Waals surface area (Å²) in [5, 5.41) is 3.14. The Balaban J connectivity index is 1.69. The lowest BCUT2D eigenvalue weighted by atomic mass is 10.1. The van der Waals surface area contributed by atoms with Crippen LogP contribution in [0.3, 0.4) is 0 Å². The van der Waals surface area contributed by atoms with E-state index in [-0.39, 0.29) is 0 Å². The Morgan fingerprint density at radius 2 is 2.10 bits per heavy atom. The van der Waals surface area contributed by atoms with E-state index in [0.717, 1.165) is 38.5 Å². The van der Waals surface area contributed by atoms with Crippen LogP contribution in [0.2, 0.25) is 0 Å². The van der Waals surface area contributed by atoms with Gasteiger partial charge in [0.2, 0.25) is 0 Å². The molecule has 0 amide bonds. The maximum absolute atomic E-state index is 5.81. The van der Waals surface area contributed by atoms with Crippen LogP contribution in [0.25, 0.3) is 0 Å². The Morgan fingerprint density at radius 1 is 1.30 bits per heavy atom. The molecule has 20 heavy (non-hydrogen) atoms. The fourth-order valence-electron chi connectivity index (χ4n) is 2.61.